The lowest BCUT2D eigenvalue weighted by Gasteiger charge is -2.29. The van der Waals surface area contributed by atoms with Crippen LogP contribution < -0.4 is 17.2 Å². The molecule has 0 bridgehead atoms. The largest absolute Gasteiger partial charge is 0.370 e. The topological polar surface area (TPSA) is 145 Å². The molecule has 0 saturated heterocycles. The summed E-state index contributed by atoms with van der Waals surface area (Å²) in [5.74, 6) is -1.01. The second-order valence-electron chi connectivity index (χ2n) is 7.96. The summed E-state index contributed by atoms with van der Waals surface area (Å²) < 4.78 is 0. The Morgan fingerprint density at radius 1 is 1.10 bits per heavy atom. The van der Waals surface area contributed by atoms with Gasteiger partial charge in [0.1, 0.15) is 6.29 Å². The molecule has 2 amide bonds. The quantitative estimate of drug-likeness (QED) is 0.229. The van der Waals surface area contributed by atoms with E-state index in [-0.39, 0.29) is 24.8 Å². The van der Waals surface area contributed by atoms with Crippen molar-refractivity contribution >= 4 is 34.8 Å². The van der Waals surface area contributed by atoms with E-state index in [0.29, 0.717) is 24.7 Å². The van der Waals surface area contributed by atoms with Gasteiger partial charge in [0.05, 0.1) is 12.1 Å². The highest BCUT2D eigenvalue weighted by atomic mass is 16.2. The minimum absolute atomic E-state index is 0.0539. The number of benzene rings is 2. The molecular formula is C23H31N5O3. The summed E-state index contributed by atoms with van der Waals surface area (Å²) in [4.78, 5) is 43.3. The average Bonchev–Trinajstić information content (AvgIpc) is 2.74. The maximum atomic E-state index is 13.4. The molecule has 0 aliphatic rings. The van der Waals surface area contributed by atoms with E-state index in [1.165, 1.54) is 0 Å². The molecule has 2 atom stereocenters. The van der Waals surface area contributed by atoms with Crippen LogP contribution in [-0.2, 0) is 9.59 Å². The number of aliphatic imine (C=N–C) groups is 1. The van der Waals surface area contributed by atoms with Crippen molar-refractivity contribution in [3.63, 3.8) is 0 Å². The Kier molecular flexibility index (Phi) is 8.69. The maximum absolute atomic E-state index is 13.4. The number of amides is 2. The van der Waals surface area contributed by atoms with Gasteiger partial charge < -0.3 is 22.0 Å². The fraction of sp³-hybridized carbons (Fsp3) is 0.391. The van der Waals surface area contributed by atoms with Crippen LogP contribution in [0.2, 0.25) is 0 Å². The molecule has 2 rings (SSSR count). The van der Waals surface area contributed by atoms with Crippen LogP contribution in [0.3, 0.4) is 0 Å². The Balaban J connectivity index is 2.35. The third-order valence-corrected chi connectivity index (χ3v) is 4.94. The third-order valence-electron chi connectivity index (χ3n) is 4.94. The van der Waals surface area contributed by atoms with Crippen LogP contribution in [-0.4, -0.2) is 47.6 Å². The van der Waals surface area contributed by atoms with E-state index < -0.39 is 23.9 Å². The molecule has 8 nitrogen and oxygen atoms in total. The number of hydrogen-bond donors (Lipinski definition) is 3. The zero-order valence-electron chi connectivity index (χ0n) is 18.0. The van der Waals surface area contributed by atoms with Crippen LogP contribution in [0.5, 0.6) is 0 Å². The maximum Gasteiger partial charge on any atom is 0.261 e. The van der Waals surface area contributed by atoms with E-state index in [4.69, 9.17) is 17.2 Å². The summed E-state index contributed by atoms with van der Waals surface area (Å²) in [5.41, 5.74) is 17.1. The molecule has 6 N–H and O–H groups in total. The summed E-state index contributed by atoms with van der Waals surface area (Å²) in [6, 6.07) is 10.9. The standard InChI is InChI=1S/C23H31N5O3/c1-15(2)12-20(24)22(31)28(19(14-29)8-5-11-27-23(25)26)21(30)18-10-9-16-6-3-4-7-17(16)13-18/h3-4,6-7,9-10,13-15,19-20H,5,8,11-12,24H2,1-2H3,(H4,25,26,27)/t19-,20-/m0/s1. The first kappa shape index (κ1) is 24.0. The second-order valence-corrected chi connectivity index (χ2v) is 7.96. The van der Waals surface area contributed by atoms with Gasteiger partial charge in [0, 0.05) is 12.1 Å². The Labute approximate surface area is 182 Å². The van der Waals surface area contributed by atoms with Gasteiger partial charge in [-0.05, 0) is 48.1 Å². The number of guanidine groups is 1. The van der Waals surface area contributed by atoms with Gasteiger partial charge in [0.15, 0.2) is 5.96 Å². The first-order chi connectivity index (χ1) is 14.7. The highest BCUT2D eigenvalue weighted by Gasteiger charge is 2.33. The molecule has 0 radical (unpaired) electrons. The van der Waals surface area contributed by atoms with E-state index in [0.717, 1.165) is 15.7 Å². The third kappa shape index (κ3) is 6.62. The number of rotatable bonds is 10. The first-order valence-corrected chi connectivity index (χ1v) is 10.4. The Morgan fingerprint density at radius 3 is 2.39 bits per heavy atom. The molecule has 0 saturated carbocycles. The van der Waals surface area contributed by atoms with Gasteiger partial charge in [0.2, 0.25) is 5.91 Å². The summed E-state index contributed by atoms with van der Waals surface area (Å²) in [6.45, 7) is 4.17. The molecule has 166 valence electrons. The lowest BCUT2D eigenvalue weighted by atomic mass is 10.0. The number of carbonyl (C=O) groups excluding carboxylic acids is 3. The zero-order chi connectivity index (χ0) is 23.0. The van der Waals surface area contributed by atoms with Crippen molar-refractivity contribution in [2.24, 2.45) is 28.1 Å². The number of carbonyl (C=O) groups is 3. The number of fused-ring (bicyclic) bond motifs is 1. The Morgan fingerprint density at radius 2 is 1.77 bits per heavy atom. The molecule has 8 heteroatoms. The molecule has 0 fully saturated rings. The van der Waals surface area contributed by atoms with E-state index in [1.807, 2.05) is 44.2 Å². The molecule has 0 aromatic heterocycles. The molecule has 2 aromatic rings. The van der Waals surface area contributed by atoms with Crippen LogP contribution in [0.15, 0.2) is 47.5 Å². The van der Waals surface area contributed by atoms with Gasteiger partial charge in [-0.2, -0.15) is 0 Å². The lowest BCUT2D eigenvalue weighted by molar-refractivity contribution is -0.135. The minimum atomic E-state index is -0.959. The Bertz CT molecular complexity index is 953. The van der Waals surface area contributed by atoms with Crippen molar-refractivity contribution < 1.29 is 14.4 Å². The van der Waals surface area contributed by atoms with Crippen molar-refractivity contribution in [3.05, 3.63) is 48.0 Å². The molecule has 0 heterocycles. The first-order valence-electron chi connectivity index (χ1n) is 10.4. The second kappa shape index (κ2) is 11.2. The van der Waals surface area contributed by atoms with Crippen molar-refractivity contribution in [1.29, 1.82) is 0 Å². The molecule has 0 spiro atoms. The monoisotopic (exact) mass is 425 g/mol. The SMILES string of the molecule is CC(C)C[C@H](N)C(=O)N(C(=O)c1ccc2ccccc2c1)[C@H](C=O)CCCN=C(N)N. The molecule has 31 heavy (non-hydrogen) atoms. The number of nitrogens with two attached hydrogens (primary N) is 3. The predicted molar refractivity (Wildman–Crippen MR) is 122 cm³/mol. The average molecular weight is 426 g/mol. The van der Waals surface area contributed by atoms with Gasteiger partial charge >= 0.3 is 0 Å². The fourth-order valence-corrected chi connectivity index (χ4v) is 3.43. The molecule has 0 unspecified atom stereocenters. The van der Waals surface area contributed by atoms with Crippen molar-refractivity contribution in [1.82, 2.24) is 4.90 Å². The summed E-state index contributed by atoms with van der Waals surface area (Å²) >= 11 is 0. The van der Waals surface area contributed by atoms with E-state index in [9.17, 15) is 14.4 Å². The smallest absolute Gasteiger partial charge is 0.261 e. The zero-order valence-corrected chi connectivity index (χ0v) is 18.0. The molecule has 2 aromatic carbocycles. The summed E-state index contributed by atoms with van der Waals surface area (Å²) in [5, 5.41) is 1.83. The molecular weight excluding hydrogens is 394 g/mol. The summed E-state index contributed by atoms with van der Waals surface area (Å²) in [6.07, 6.45) is 1.67. The van der Waals surface area contributed by atoms with Gasteiger partial charge in [-0.25, -0.2) is 0 Å². The number of imide groups is 1. The molecule has 0 aliphatic carbocycles. The van der Waals surface area contributed by atoms with Crippen LogP contribution >= 0.6 is 0 Å². The van der Waals surface area contributed by atoms with Crippen LogP contribution in [0.4, 0.5) is 0 Å². The van der Waals surface area contributed by atoms with Crippen LogP contribution in [0.1, 0.15) is 43.5 Å². The van der Waals surface area contributed by atoms with Crippen LogP contribution in [0.25, 0.3) is 10.8 Å². The fourth-order valence-electron chi connectivity index (χ4n) is 3.43. The highest BCUT2D eigenvalue weighted by Crippen LogP contribution is 2.20. The number of nitrogens with zero attached hydrogens (tertiary/aromatic N) is 2. The van der Waals surface area contributed by atoms with Crippen molar-refractivity contribution in [2.45, 2.75) is 45.2 Å². The predicted octanol–water partition coefficient (Wildman–Crippen LogP) is 1.80. The van der Waals surface area contributed by atoms with Gasteiger partial charge in [0.25, 0.3) is 5.91 Å². The number of hydrogen-bond acceptors (Lipinski definition) is 5. The minimum Gasteiger partial charge on any atom is -0.370 e. The van der Waals surface area contributed by atoms with E-state index in [1.54, 1.807) is 12.1 Å². The van der Waals surface area contributed by atoms with Gasteiger partial charge in [-0.3, -0.25) is 19.5 Å². The molecule has 0 aliphatic heterocycles. The van der Waals surface area contributed by atoms with Gasteiger partial charge in [-0.15, -0.1) is 0 Å². The summed E-state index contributed by atoms with van der Waals surface area (Å²) in [7, 11) is 0. The lowest BCUT2D eigenvalue weighted by Crippen LogP contribution is -2.52. The van der Waals surface area contributed by atoms with E-state index >= 15 is 0 Å². The Hall–Kier alpha value is -3.26. The van der Waals surface area contributed by atoms with Crippen molar-refractivity contribution in [3.8, 4) is 0 Å². The van der Waals surface area contributed by atoms with Crippen LogP contribution in [0, 0.1) is 5.92 Å². The van der Waals surface area contributed by atoms with Crippen molar-refractivity contribution in [2.75, 3.05) is 6.54 Å². The van der Waals surface area contributed by atoms with E-state index in [2.05, 4.69) is 4.99 Å². The number of aldehydes is 1. The highest BCUT2D eigenvalue weighted by molar-refractivity contribution is 6.09. The van der Waals surface area contributed by atoms with Gasteiger partial charge in [-0.1, -0.05) is 44.2 Å². The normalized spacial score (nSPS) is 12.9.